The number of ether oxygens (including phenoxy) is 3. The van der Waals surface area contributed by atoms with E-state index in [0.717, 1.165) is 64.5 Å². The van der Waals surface area contributed by atoms with Gasteiger partial charge in [-0.2, -0.15) is 0 Å². The van der Waals surface area contributed by atoms with Gasteiger partial charge in [-0.25, -0.2) is 0 Å². The summed E-state index contributed by atoms with van der Waals surface area (Å²) in [5.41, 5.74) is 0. The molecule has 0 bridgehead atoms. The summed E-state index contributed by atoms with van der Waals surface area (Å²) < 4.78 is 16.9. The number of likely N-dealkylation sites (tertiary alicyclic amines) is 1. The summed E-state index contributed by atoms with van der Waals surface area (Å²) in [7, 11) is 0. The highest BCUT2D eigenvalue weighted by Gasteiger charge is 2.27. The third-order valence-corrected chi connectivity index (χ3v) is 12.1. The Kier molecular flexibility index (Phi) is 39.4. The minimum Gasteiger partial charge on any atom is -0.466 e. The Balaban J connectivity index is 2.41. The van der Waals surface area contributed by atoms with Gasteiger partial charge in [0.2, 0.25) is 0 Å². The number of unbranched alkanes of at least 4 members (excludes halogenated alkanes) is 27. The van der Waals surface area contributed by atoms with Crippen molar-refractivity contribution < 1.29 is 28.6 Å². The van der Waals surface area contributed by atoms with Gasteiger partial charge in [-0.15, -0.1) is 0 Å². The standard InChI is InChI=1S/C50H96N2O6/c1-4-7-10-13-16-19-22-25-28-31-43-56-48(53)36-40-51(41-37-49(54)57-44-32-29-26-23-20-17-14-11-8-5-2)46-47-35-34-39-52(47)42-38-50(55)58-45-33-30-27-24-21-18-15-12-9-6-3/h47H,4-46H2,1-3H3/t47-/m0/s1. The van der Waals surface area contributed by atoms with Crippen LogP contribution in [-0.2, 0) is 28.6 Å². The molecule has 8 heteroatoms. The zero-order valence-corrected chi connectivity index (χ0v) is 38.8. The lowest BCUT2D eigenvalue weighted by Crippen LogP contribution is -2.42. The van der Waals surface area contributed by atoms with Crippen LogP contribution >= 0.6 is 0 Å². The first-order chi connectivity index (χ1) is 28.5. The molecule has 0 aliphatic carbocycles. The zero-order valence-electron chi connectivity index (χ0n) is 38.8. The number of nitrogens with zero attached hydrogens (tertiary/aromatic N) is 2. The van der Waals surface area contributed by atoms with Crippen molar-refractivity contribution in [3.8, 4) is 0 Å². The normalized spacial score (nSPS) is 14.4. The summed E-state index contributed by atoms with van der Waals surface area (Å²) in [5, 5.41) is 0. The summed E-state index contributed by atoms with van der Waals surface area (Å²) >= 11 is 0. The molecule has 0 aromatic heterocycles. The van der Waals surface area contributed by atoms with E-state index in [1.165, 1.54) is 154 Å². The van der Waals surface area contributed by atoms with Crippen molar-refractivity contribution >= 4 is 17.9 Å². The van der Waals surface area contributed by atoms with E-state index in [0.29, 0.717) is 64.8 Å². The lowest BCUT2D eigenvalue weighted by molar-refractivity contribution is -0.145. The van der Waals surface area contributed by atoms with E-state index < -0.39 is 0 Å². The fourth-order valence-corrected chi connectivity index (χ4v) is 8.27. The molecule has 0 aromatic carbocycles. The predicted molar refractivity (Wildman–Crippen MR) is 243 cm³/mol. The van der Waals surface area contributed by atoms with E-state index in [9.17, 15) is 14.4 Å². The minimum absolute atomic E-state index is 0.103. The number of esters is 3. The Hall–Kier alpha value is -1.67. The van der Waals surface area contributed by atoms with Crippen LogP contribution < -0.4 is 0 Å². The average molecular weight is 821 g/mol. The Morgan fingerprint density at radius 3 is 1.10 bits per heavy atom. The molecule has 58 heavy (non-hydrogen) atoms. The van der Waals surface area contributed by atoms with Crippen LogP contribution in [0.25, 0.3) is 0 Å². The van der Waals surface area contributed by atoms with Gasteiger partial charge < -0.3 is 19.1 Å². The Morgan fingerprint density at radius 1 is 0.448 bits per heavy atom. The predicted octanol–water partition coefficient (Wildman–Crippen LogP) is 13.3. The molecule has 1 aliphatic heterocycles. The first kappa shape index (κ1) is 54.3. The fourth-order valence-electron chi connectivity index (χ4n) is 8.27. The molecular formula is C50H96N2O6. The first-order valence-corrected chi connectivity index (χ1v) is 25.4. The number of carbonyl (C=O) groups excluding carboxylic acids is 3. The third kappa shape index (κ3) is 35.1. The molecule has 1 fully saturated rings. The van der Waals surface area contributed by atoms with Crippen molar-refractivity contribution in [2.24, 2.45) is 0 Å². The highest BCUT2D eigenvalue weighted by Crippen LogP contribution is 2.20. The number of hydrogen-bond donors (Lipinski definition) is 0. The summed E-state index contributed by atoms with van der Waals surface area (Å²) in [4.78, 5) is 42.8. The van der Waals surface area contributed by atoms with Crippen LogP contribution in [0.3, 0.4) is 0 Å². The zero-order chi connectivity index (χ0) is 42.0. The third-order valence-electron chi connectivity index (χ3n) is 12.1. The van der Waals surface area contributed by atoms with Crippen molar-refractivity contribution in [2.45, 2.75) is 252 Å². The maximum atomic E-state index is 12.8. The lowest BCUT2D eigenvalue weighted by Gasteiger charge is -2.30. The maximum Gasteiger partial charge on any atom is 0.307 e. The molecule has 1 heterocycles. The van der Waals surface area contributed by atoms with E-state index in [1.807, 2.05) is 0 Å². The Bertz CT molecular complexity index is 890. The SMILES string of the molecule is CCCCCCCCCCCCOC(=O)CCN(CCC(=O)OCCCCCCCCCCCC)C[C@@H]1CCCN1CCC(=O)OCCCCCCCCCCCC. The van der Waals surface area contributed by atoms with Crippen LogP contribution in [-0.4, -0.2) is 86.3 Å². The molecule has 0 unspecified atom stereocenters. The van der Waals surface area contributed by atoms with Gasteiger partial charge in [0.25, 0.3) is 0 Å². The first-order valence-electron chi connectivity index (χ1n) is 25.4. The molecular weight excluding hydrogens is 725 g/mol. The van der Waals surface area contributed by atoms with Gasteiger partial charge in [-0.3, -0.25) is 19.3 Å². The summed E-state index contributed by atoms with van der Waals surface area (Å²) in [6.45, 7) is 11.8. The smallest absolute Gasteiger partial charge is 0.307 e. The minimum atomic E-state index is -0.155. The van der Waals surface area contributed by atoms with Crippen LogP contribution in [0, 0.1) is 0 Å². The second-order valence-electron chi connectivity index (χ2n) is 17.6. The molecule has 0 saturated carbocycles. The lowest BCUT2D eigenvalue weighted by atomic mass is 10.1. The Morgan fingerprint density at radius 2 is 0.759 bits per heavy atom. The topological polar surface area (TPSA) is 85.4 Å². The molecule has 1 rings (SSSR count). The fraction of sp³-hybridized carbons (Fsp3) is 0.940. The quantitative estimate of drug-likeness (QED) is 0.0341. The van der Waals surface area contributed by atoms with Crippen molar-refractivity contribution in [1.29, 1.82) is 0 Å². The van der Waals surface area contributed by atoms with Crippen molar-refractivity contribution in [2.75, 3.05) is 52.5 Å². The molecule has 0 N–H and O–H groups in total. The van der Waals surface area contributed by atoms with Crippen LogP contribution in [0.15, 0.2) is 0 Å². The number of carbonyl (C=O) groups is 3. The molecule has 0 amide bonds. The van der Waals surface area contributed by atoms with Gasteiger partial charge in [0.1, 0.15) is 0 Å². The second kappa shape index (κ2) is 42.0. The van der Waals surface area contributed by atoms with Crippen LogP contribution in [0.2, 0.25) is 0 Å². The van der Waals surface area contributed by atoms with Crippen molar-refractivity contribution in [3.05, 3.63) is 0 Å². The molecule has 342 valence electrons. The maximum absolute atomic E-state index is 12.8. The highest BCUT2D eigenvalue weighted by molar-refractivity contribution is 5.70. The van der Waals surface area contributed by atoms with E-state index >= 15 is 0 Å². The highest BCUT2D eigenvalue weighted by atomic mass is 16.5. The van der Waals surface area contributed by atoms with Crippen molar-refractivity contribution in [1.82, 2.24) is 9.80 Å². The summed E-state index contributed by atoms with van der Waals surface area (Å²) in [5.74, 6) is -0.412. The molecule has 0 aromatic rings. The molecule has 0 radical (unpaired) electrons. The monoisotopic (exact) mass is 821 g/mol. The molecule has 0 spiro atoms. The summed E-state index contributed by atoms with van der Waals surface area (Å²) in [6.07, 6.45) is 40.9. The Labute approximate surface area is 359 Å². The van der Waals surface area contributed by atoms with E-state index in [1.54, 1.807) is 0 Å². The molecule has 1 saturated heterocycles. The molecule has 1 aliphatic rings. The largest absolute Gasteiger partial charge is 0.466 e. The van der Waals surface area contributed by atoms with E-state index in [2.05, 4.69) is 30.6 Å². The second-order valence-corrected chi connectivity index (χ2v) is 17.6. The van der Waals surface area contributed by atoms with Gasteiger partial charge in [0, 0.05) is 32.2 Å². The van der Waals surface area contributed by atoms with Gasteiger partial charge in [-0.05, 0) is 38.6 Å². The molecule has 1 atom stereocenters. The van der Waals surface area contributed by atoms with E-state index in [-0.39, 0.29) is 17.9 Å². The van der Waals surface area contributed by atoms with E-state index in [4.69, 9.17) is 14.2 Å². The van der Waals surface area contributed by atoms with Crippen LogP contribution in [0.5, 0.6) is 0 Å². The molecule has 8 nitrogen and oxygen atoms in total. The van der Waals surface area contributed by atoms with Crippen LogP contribution in [0.4, 0.5) is 0 Å². The average Bonchev–Trinajstić information content (AvgIpc) is 3.67. The summed E-state index contributed by atoms with van der Waals surface area (Å²) in [6, 6.07) is 0.292. The number of hydrogen-bond acceptors (Lipinski definition) is 8. The van der Waals surface area contributed by atoms with Crippen LogP contribution in [0.1, 0.15) is 245 Å². The van der Waals surface area contributed by atoms with Gasteiger partial charge in [-0.1, -0.05) is 194 Å². The van der Waals surface area contributed by atoms with Gasteiger partial charge >= 0.3 is 17.9 Å². The van der Waals surface area contributed by atoms with Crippen molar-refractivity contribution in [3.63, 3.8) is 0 Å². The van der Waals surface area contributed by atoms with Gasteiger partial charge in [0.05, 0.1) is 39.1 Å². The van der Waals surface area contributed by atoms with Gasteiger partial charge in [0.15, 0.2) is 0 Å². The number of rotatable bonds is 44.